The van der Waals surface area contributed by atoms with E-state index in [0.717, 1.165) is 38.5 Å². The van der Waals surface area contributed by atoms with E-state index in [2.05, 4.69) is 34.7 Å². The minimum atomic E-state index is -1.43. The average molecular weight is 685 g/mol. The molecule has 1 saturated heterocycles. The number of esters is 2. The van der Waals surface area contributed by atoms with E-state index in [0.29, 0.717) is 43.5 Å². The molecule has 0 radical (unpaired) electrons. The summed E-state index contributed by atoms with van der Waals surface area (Å²) < 4.78 is 32.0. The molecule has 9 nitrogen and oxygen atoms in total. The first kappa shape index (κ1) is 40.4. The number of rotatable bonds is 24. The van der Waals surface area contributed by atoms with E-state index in [9.17, 15) is 14.0 Å². The largest absolute Gasteiger partial charge is 0.461 e. The summed E-state index contributed by atoms with van der Waals surface area (Å²) in [4.78, 5) is 37.8. The van der Waals surface area contributed by atoms with Gasteiger partial charge in [0.05, 0.1) is 11.8 Å². The Kier molecular flexibility index (Phi) is 18.6. The highest BCUT2D eigenvalue weighted by atomic mass is 19.1. The molecule has 1 aromatic heterocycles. The highest BCUT2D eigenvalue weighted by Crippen LogP contribution is 2.39. The third kappa shape index (κ3) is 14.0. The number of fused-ring (bicyclic) bond motifs is 1. The Hall–Kier alpha value is -3.06. The summed E-state index contributed by atoms with van der Waals surface area (Å²) in [6, 6.07) is 0. The third-order valence-corrected chi connectivity index (χ3v) is 9.81. The molecular weight excluding hydrogens is 623 g/mol. The number of hydrogen-bond acceptors (Lipinski definition) is 9. The summed E-state index contributed by atoms with van der Waals surface area (Å²) in [5, 5.41) is 0. The van der Waals surface area contributed by atoms with Crippen molar-refractivity contribution in [1.29, 1.82) is 0 Å². The molecule has 0 bridgehead atoms. The van der Waals surface area contributed by atoms with Crippen LogP contribution in [0, 0.1) is 24.3 Å². The molecule has 10 heteroatoms. The molecule has 2 aliphatic rings. The molecule has 2 aliphatic heterocycles. The van der Waals surface area contributed by atoms with E-state index in [1.54, 1.807) is 6.21 Å². The first-order valence-corrected chi connectivity index (χ1v) is 19.2. The van der Waals surface area contributed by atoms with Gasteiger partial charge in [0.1, 0.15) is 18.4 Å². The van der Waals surface area contributed by atoms with Gasteiger partial charge in [0.2, 0.25) is 0 Å². The monoisotopic (exact) mass is 684 g/mol. The summed E-state index contributed by atoms with van der Waals surface area (Å²) in [5.74, 6) is 1.76. The van der Waals surface area contributed by atoms with Crippen molar-refractivity contribution in [2.75, 3.05) is 12.3 Å². The Morgan fingerprint density at radius 2 is 1.45 bits per heavy atom. The molecule has 4 atom stereocenters. The number of aromatic nitrogens is 2. The molecule has 0 amide bonds. The molecule has 1 fully saturated rings. The molecule has 3 rings (SSSR count). The van der Waals surface area contributed by atoms with Crippen molar-refractivity contribution in [1.82, 2.24) is 9.97 Å². The summed E-state index contributed by atoms with van der Waals surface area (Å²) in [5.41, 5.74) is 5.27. The van der Waals surface area contributed by atoms with Crippen molar-refractivity contribution in [2.24, 2.45) is 10.9 Å². The van der Waals surface area contributed by atoms with E-state index < -0.39 is 23.9 Å². The van der Waals surface area contributed by atoms with Crippen LogP contribution in [-0.2, 0) is 30.2 Å². The minimum absolute atomic E-state index is 0.0214. The van der Waals surface area contributed by atoms with Crippen molar-refractivity contribution < 1.29 is 28.2 Å². The molecule has 1 aromatic rings. The first-order valence-electron chi connectivity index (χ1n) is 19.2. The van der Waals surface area contributed by atoms with Crippen LogP contribution in [-0.4, -0.2) is 52.5 Å². The van der Waals surface area contributed by atoms with Crippen LogP contribution < -0.4 is 5.73 Å². The lowest BCUT2D eigenvalue weighted by Crippen LogP contribution is -2.45. The fraction of sp³-hybridized carbons (Fsp3) is 0.769. The zero-order valence-electron chi connectivity index (χ0n) is 30.2. The number of carbonyl (C=O) groups is 2. The molecule has 274 valence electrons. The van der Waals surface area contributed by atoms with Crippen LogP contribution in [0.1, 0.15) is 161 Å². The predicted octanol–water partition coefficient (Wildman–Crippen LogP) is 8.92. The number of terminal acetylenes is 1. The Bertz CT molecular complexity index is 1220. The zero-order valence-corrected chi connectivity index (χ0v) is 30.2. The molecule has 49 heavy (non-hydrogen) atoms. The molecule has 0 saturated carbocycles. The maximum absolute atomic E-state index is 13.9. The van der Waals surface area contributed by atoms with Gasteiger partial charge in [-0.2, -0.15) is 9.37 Å². The van der Waals surface area contributed by atoms with Crippen LogP contribution in [0.3, 0.4) is 0 Å². The number of halogens is 1. The molecular formula is C39H61FN4O5. The number of anilines is 1. The van der Waals surface area contributed by atoms with Gasteiger partial charge in [0, 0.05) is 31.4 Å². The fourth-order valence-electron chi connectivity index (χ4n) is 6.77. The number of carbonyl (C=O) groups excluding carboxylic acids is 2. The Morgan fingerprint density at radius 1 is 0.898 bits per heavy atom. The van der Waals surface area contributed by atoms with E-state index in [1.807, 2.05) is 0 Å². The van der Waals surface area contributed by atoms with Gasteiger partial charge in [0.15, 0.2) is 11.4 Å². The highest BCUT2D eigenvalue weighted by Gasteiger charge is 2.53. The minimum Gasteiger partial charge on any atom is -0.461 e. The van der Waals surface area contributed by atoms with Gasteiger partial charge in [-0.25, -0.2) is 4.98 Å². The second-order valence-corrected chi connectivity index (χ2v) is 13.9. The molecule has 1 unspecified atom stereocenters. The van der Waals surface area contributed by atoms with Crippen LogP contribution in [0.5, 0.6) is 0 Å². The Labute approximate surface area is 294 Å². The third-order valence-electron chi connectivity index (χ3n) is 9.81. The van der Waals surface area contributed by atoms with Crippen molar-refractivity contribution in [3.63, 3.8) is 0 Å². The number of ether oxygens (including phenoxy) is 3. The number of nitrogen functional groups attached to an aromatic ring is 1. The van der Waals surface area contributed by atoms with Crippen LogP contribution in [0.15, 0.2) is 4.99 Å². The van der Waals surface area contributed by atoms with Gasteiger partial charge in [-0.1, -0.05) is 123 Å². The van der Waals surface area contributed by atoms with Crippen molar-refractivity contribution in [3.05, 3.63) is 11.8 Å². The van der Waals surface area contributed by atoms with Crippen molar-refractivity contribution in [2.45, 2.75) is 179 Å². The van der Waals surface area contributed by atoms with E-state index in [-0.39, 0.29) is 30.3 Å². The number of unbranched alkanes of at least 4 members (excludes halogenated alkanes) is 16. The number of aryl methyl sites for hydroxylation is 1. The summed E-state index contributed by atoms with van der Waals surface area (Å²) >= 11 is 0. The van der Waals surface area contributed by atoms with E-state index >= 15 is 0 Å². The molecule has 0 aliphatic carbocycles. The quantitative estimate of drug-likeness (QED) is 0.0495. The van der Waals surface area contributed by atoms with Crippen LogP contribution in [0.25, 0.3) is 0 Å². The lowest BCUT2D eigenvalue weighted by molar-refractivity contribution is -0.165. The van der Waals surface area contributed by atoms with Gasteiger partial charge in [-0.3, -0.25) is 14.6 Å². The van der Waals surface area contributed by atoms with Crippen LogP contribution >= 0.6 is 0 Å². The van der Waals surface area contributed by atoms with Crippen LogP contribution in [0.2, 0.25) is 0 Å². The second kappa shape index (κ2) is 22.6. The normalized spacial score (nSPS) is 21.6. The predicted molar refractivity (Wildman–Crippen MR) is 192 cm³/mol. The van der Waals surface area contributed by atoms with Gasteiger partial charge in [-0.15, -0.1) is 6.42 Å². The number of nitrogens with zero attached hydrogens (tertiary/aromatic N) is 3. The topological polar surface area (TPSA) is 126 Å². The summed E-state index contributed by atoms with van der Waals surface area (Å²) in [6.45, 7) is 4.23. The summed E-state index contributed by atoms with van der Waals surface area (Å²) in [7, 11) is 0. The van der Waals surface area contributed by atoms with E-state index in [1.165, 1.54) is 77.0 Å². The highest BCUT2D eigenvalue weighted by molar-refractivity contribution is 5.74. The summed E-state index contributed by atoms with van der Waals surface area (Å²) in [6.07, 6.45) is 28.1. The molecule has 2 N–H and O–H groups in total. The maximum Gasteiger partial charge on any atom is 0.310 e. The second-order valence-electron chi connectivity index (χ2n) is 13.9. The number of nitrogens with two attached hydrogens (primary N) is 1. The van der Waals surface area contributed by atoms with E-state index in [4.69, 9.17) is 26.4 Å². The van der Waals surface area contributed by atoms with Gasteiger partial charge in [0.25, 0.3) is 0 Å². The standard InChI is InChI=1S/C39H61FN4O5/c1-4-7-9-11-13-15-17-19-21-23-34(45)47-29-39(6-3)33(48-35(46)24-22-20-18-16-14-12-10-8-5-2)27-32(49-39)30-25-26-31-36(42-28-30)37(41)44-38(40)43-31/h3,28,30,32-33H,4-5,7-27,29H2,1-2H3,(H2,41,43,44)/t30?,32-,33+,39-/m1/s1. The van der Waals surface area contributed by atoms with Gasteiger partial charge >= 0.3 is 18.0 Å². The maximum atomic E-state index is 13.9. The first-order chi connectivity index (χ1) is 23.8. The molecule has 0 spiro atoms. The van der Waals surface area contributed by atoms with Gasteiger partial charge < -0.3 is 19.9 Å². The number of aliphatic imine (C=N–C) groups is 1. The van der Waals surface area contributed by atoms with Crippen molar-refractivity contribution in [3.8, 4) is 12.3 Å². The molecule has 0 aromatic carbocycles. The van der Waals surface area contributed by atoms with Crippen molar-refractivity contribution >= 4 is 29.7 Å². The number of hydrogen-bond donors (Lipinski definition) is 1. The van der Waals surface area contributed by atoms with Crippen LogP contribution in [0.4, 0.5) is 15.9 Å². The smallest absolute Gasteiger partial charge is 0.310 e. The Balaban J connectivity index is 1.55. The SMILES string of the molecule is C#C[C@]1(COC(=O)CCCCCCCCCCC)O[C@@H](C2C=Nc3c(N)nc(F)nc3CC2)C[C@@H]1OC(=O)CCCCCCCCCCC. The lowest BCUT2D eigenvalue weighted by Gasteiger charge is -2.29. The average Bonchev–Trinajstić information content (AvgIpc) is 3.29. The molecule has 3 heterocycles. The lowest BCUT2D eigenvalue weighted by atomic mass is 9.92. The Morgan fingerprint density at radius 3 is 2.02 bits per heavy atom. The fourth-order valence-corrected chi connectivity index (χ4v) is 6.77. The van der Waals surface area contributed by atoms with Gasteiger partial charge in [-0.05, 0) is 25.7 Å². The zero-order chi connectivity index (χ0) is 35.3.